The molecule has 1 N–H and O–H groups in total. The first kappa shape index (κ1) is 14.5. The Bertz CT molecular complexity index is 606. The Hall–Kier alpha value is -0.390. The molecule has 1 fully saturated rings. The third-order valence-corrected chi connectivity index (χ3v) is 7.07. The fourth-order valence-corrected chi connectivity index (χ4v) is 5.59. The summed E-state index contributed by atoms with van der Waals surface area (Å²) in [5.41, 5.74) is 2.72. The van der Waals surface area contributed by atoms with E-state index in [1.54, 1.807) is 23.1 Å². The van der Waals surface area contributed by atoms with E-state index in [0.29, 0.717) is 11.5 Å². The van der Waals surface area contributed by atoms with Gasteiger partial charge in [-0.3, -0.25) is 0 Å². The molecule has 1 aliphatic heterocycles. The standard InChI is InChI=1S/C15H20N2S3/c1-15(2)6-7-19-9-13(15)16-10-4-5-11-12(8-10)20-14(17-11)18-3/h4-5,8,13,16H,6-7,9H2,1-3H3. The Labute approximate surface area is 133 Å². The maximum Gasteiger partial charge on any atom is 0.150 e. The molecule has 1 atom stereocenters. The molecule has 2 aromatic rings. The van der Waals surface area contributed by atoms with Gasteiger partial charge in [0.2, 0.25) is 0 Å². The number of hydrogen-bond acceptors (Lipinski definition) is 5. The zero-order chi connectivity index (χ0) is 14.2. The van der Waals surface area contributed by atoms with E-state index >= 15 is 0 Å². The van der Waals surface area contributed by atoms with Crippen LogP contribution in [-0.4, -0.2) is 28.8 Å². The van der Waals surface area contributed by atoms with Gasteiger partial charge in [0, 0.05) is 17.5 Å². The van der Waals surface area contributed by atoms with Crippen molar-refractivity contribution in [1.82, 2.24) is 4.98 Å². The lowest BCUT2D eigenvalue weighted by Gasteiger charge is -2.39. The molecule has 0 spiro atoms. The van der Waals surface area contributed by atoms with Crippen LogP contribution in [0.3, 0.4) is 0 Å². The van der Waals surface area contributed by atoms with Crippen molar-refractivity contribution in [3.63, 3.8) is 0 Å². The lowest BCUT2D eigenvalue weighted by Crippen LogP contribution is -2.41. The number of nitrogens with one attached hydrogen (secondary N) is 1. The second-order valence-electron chi connectivity index (χ2n) is 5.88. The SMILES string of the molecule is CSc1nc2ccc(NC3CSCCC3(C)C)cc2s1. The summed E-state index contributed by atoms with van der Waals surface area (Å²) < 4.78 is 2.42. The number of thioether (sulfide) groups is 2. The van der Waals surface area contributed by atoms with Gasteiger partial charge in [0.05, 0.1) is 10.2 Å². The molecule has 0 radical (unpaired) electrons. The Morgan fingerprint density at radius 1 is 1.40 bits per heavy atom. The quantitative estimate of drug-likeness (QED) is 0.807. The summed E-state index contributed by atoms with van der Waals surface area (Å²) in [7, 11) is 0. The molecule has 0 amide bonds. The molecule has 0 saturated carbocycles. The van der Waals surface area contributed by atoms with Gasteiger partial charge in [0.15, 0.2) is 4.34 Å². The van der Waals surface area contributed by atoms with Crippen LogP contribution in [0.1, 0.15) is 20.3 Å². The van der Waals surface area contributed by atoms with E-state index in [9.17, 15) is 0 Å². The third-order valence-electron chi connectivity index (χ3n) is 4.00. The van der Waals surface area contributed by atoms with Crippen molar-refractivity contribution in [2.45, 2.75) is 30.6 Å². The molecule has 0 bridgehead atoms. The molecule has 2 heterocycles. The molecule has 20 heavy (non-hydrogen) atoms. The van der Waals surface area contributed by atoms with Crippen LogP contribution in [0, 0.1) is 5.41 Å². The first-order valence-corrected chi connectivity index (χ1v) is 10.1. The number of aromatic nitrogens is 1. The van der Waals surface area contributed by atoms with Crippen LogP contribution < -0.4 is 5.32 Å². The molecular weight excluding hydrogens is 304 g/mol. The summed E-state index contributed by atoms with van der Waals surface area (Å²) in [6.07, 6.45) is 3.37. The van der Waals surface area contributed by atoms with Crippen LogP contribution in [0.2, 0.25) is 0 Å². The van der Waals surface area contributed by atoms with Gasteiger partial charge in [-0.1, -0.05) is 25.6 Å². The number of anilines is 1. The highest BCUT2D eigenvalue weighted by atomic mass is 32.2. The Morgan fingerprint density at radius 2 is 2.25 bits per heavy atom. The zero-order valence-corrected chi connectivity index (χ0v) is 14.6. The number of rotatable bonds is 3. The van der Waals surface area contributed by atoms with Gasteiger partial charge >= 0.3 is 0 Å². The molecule has 1 saturated heterocycles. The van der Waals surface area contributed by atoms with Crippen molar-refractivity contribution >= 4 is 50.8 Å². The molecule has 2 nitrogen and oxygen atoms in total. The van der Waals surface area contributed by atoms with Crippen molar-refractivity contribution in [3.8, 4) is 0 Å². The van der Waals surface area contributed by atoms with E-state index in [2.05, 4.69) is 60.4 Å². The van der Waals surface area contributed by atoms with Crippen LogP contribution in [-0.2, 0) is 0 Å². The summed E-state index contributed by atoms with van der Waals surface area (Å²) in [6.45, 7) is 4.75. The van der Waals surface area contributed by atoms with Crippen LogP contribution in [0.4, 0.5) is 5.69 Å². The molecule has 1 unspecified atom stereocenters. The highest BCUT2D eigenvalue weighted by Gasteiger charge is 2.32. The Balaban J connectivity index is 1.83. The average Bonchev–Trinajstić information content (AvgIpc) is 2.83. The first-order chi connectivity index (χ1) is 9.58. The third kappa shape index (κ3) is 2.95. The predicted molar refractivity (Wildman–Crippen MR) is 94.5 cm³/mol. The summed E-state index contributed by atoms with van der Waals surface area (Å²) >= 11 is 5.56. The number of thiazole rings is 1. The number of fused-ring (bicyclic) bond motifs is 1. The molecule has 108 valence electrons. The fraction of sp³-hybridized carbons (Fsp3) is 0.533. The monoisotopic (exact) mass is 324 g/mol. The predicted octanol–water partition coefficient (Wildman–Crippen LogP) is 4.96. The van der Waals surface area contributed by atoms with E-state index in [-0.39, 0.29) is 0 Å². The van der Waals surface area contributed by atoms with Gasteiger partial charge in [-0.15, -0.1) is 11.3 Å². The second-order valence-corrected chi connectivity index (χ2v) is 9.11. The summed E-state index contributed by atoms with van der Waals surface area (Å²) in [5, 5.41) is 3.74. The van der Waals surface area contributed by atoms with E-state index in [1.807, 2.05) is 0 Å². The van der Waals surface area contributed by atoms with Crippen molar-refractivity contribution in [3.05, 3.63) is 18.2 Å². The van der Waals surface area contributed by atoms with Gasteiger partial charge in [-0.05, 0) is 42.0 Å². The normalized spacial score (nSPS) is 22.1. The molecule has 0 aliphatic carbocycles. The highest BCUT2D eigenvalue weighted by molar-refractivity contribution is 8.00. The maximum absolute atomic E-state index is 4.60. The van der Waals surface area contributed by atoms with E-state index in [4.69, 9.17) is 0 Å². The van der Waals surface area contributed by atoms with Crippen LogP contribution in [0.5, 0.6) is 0 Å². The molecule has 5 heteroatoms. The van der Waals surface area contributed by atoms with Crippen LogP contribution >= 0.6 is 34.9 Å². The average molecular weight is 325 g/mol. The fourth-order valence-electron chi connectivity index (χ4n) is 2.46. The summed E-state index contributed by atoms with van der Waals surface area (Å²) in [4.78, 5) is 4.60. The van der Waals surface area contributed by atoms with E-state index in [0.717, 1.165) is 9.86 Å². The molecule has 1 aliphatic rings. The van der Waals surface area contributed by atoms with Crippen molar-refractivity contribution < 1.29 is 0 Å². The Kier molecular flexibility index (Phi) is 4.20. The minimum atomic E-state index is 0.373. The van der Waals surface area contributed by atoms with Gasteiger partial charge in [-0.2, -0.15) is 11.8 Å². The number of benzene rings is 1. The Morgan fingerprint density at radius 3 is 3.00 bits per heavy atom. The van der Waals surface area contributed by atoms with Crippen LogP contribution in [0.25, 0.3) is 10.2 Å². The van der Waals surface area contributed by atoms with Gasteiger partial charge in [-0.25, -0.2) is 4.98 Å². The topological polar surface area (TPSA) is 24.9 Å². The van der Waals surface area contributed by atoms with Gasteiger partial charge in [0.25, 0.3) is 0 Å². The minimum absolute atomic E-state index is 0.373. The lowest BCUT2D eigenvalue weighted by atomic mass is 9.82. The molecule has 3 rings (SSSR count). The number of nitrogens with zero attached hydrogens (tertiary/aromatic N) is 1. The highest BCUT2D eigenvalue weighted by Crippen LogP contribution is 2.37. The summed E-state index contributed by atoms with van der Waals surface area (Å²) in [6, 6.07) is 7.10. The summed E-state index contributed by atoms with van der Waals surface area (Å²) in [5.74, 6) is 2.49. The zero-order valence-electron chi connectivity index (χ0n) is 12.1. The van der Waals surface area contributed by atoms with Crippen molar-refractivity contribution in [2.75, 3.05) is 23.1 Å². The van der Waals surface area contributed by atoms with Gasteiger partial charge in [0.1, 0.15) is 0 Å². The lowest BCUT2D eigenvalue weighted by molar-refractivity contribution is 0.305. The van der Waals surface area contributed by atoms with E-state index < -0.39 is 0 Å². The second kappa shape index (κ2) is 5.78. The largest absolute Gasteiger partial charge is 0.381 e. The van der Waals surface area contributed by atoms with Crippen molar-refractivity contribution in [1.29, 1.82) is 0 Å². The van der Waals surface area contributed by atoms with Crippen LogP contribution in [0.15, 0.2) is 22.5 Å². The van der Waals surface area contributed by atoms with Gasteiger partial charge < -0.3 is 5.32 Å². The molecule has 1 aromatic heterocycles. The van der Waals surface area contributed by atoms with Crippen molar-refractivity contribution in [2.24, 2.45) is 5.41 Å². The smallest absolute Gasteiger partial charge is 0.150 e. The first-order valence-electron chi connectivity index (χ1n) is 6.87. The maximum atomic E-state index is 4.60. The van der Waals surface area contributed by atoms with E-state index in [1.165, 1.54) is 28.3 Å². The molecule has 1 aromatic carbocycles. The molecular formula is C15H20N2S3. The number of hydrogen-bond donors (Lipinski definition) is 1. The minimum Gasteiger partial charge on any atom is -0.381 e.